The molecule has 1 aliphatic carbocycles. The molecule has 0 aliphatic heterocycles. The van der Waals surface area contributed by atoms with Crippen LogP contribution in [0.15, 0.2) is 18.2 Å². The fourth-order valence-corrected chi connectivity index (χ4v) is 2.70. The summed E-state index contributed by atoms with van der Waals surface area (Å²) in [6, 6.07) is 4.36. The summed E-state index contributed by atoms with van der Waals surface area (Å²) < 4.78 is 0.191. The first kappa shape index (κ1) is 14.6. The van der Waals surface area contributed by atoms with Crippen molar-refractivity contribution in [3.8, 4) is 0 Å². The summed E-state index contributed by atoms with van der Waals surface area (Å²) in [7, 11) is 1.53. The van der Waals surface area contributed by atoms with Crippen LogP contribution >= 0.6 is 11.8 Å². The number of nitrogens with one attached hydrogen (secondary N) is 2. The number of carbonyl (C=O) groups is 1. The number of rotatable bonds is 6. The Morgan fingerprint density at radius 2 is 2.20 bits per heavy atom. The normalized spacial score (nSPS) is 15.5. The lowest BCUT2D eigenvalue weighted by molar-refractivity contribution is -0.384. The molecule has 2 N–H and O–H groups in total. The maximum absolute atomic E-state index is 11.6. The van der Waals surface area contributed by atoms with Gasteiger partial charge in [0, 0.05) is 30.0 Å². The molecular formula is C13H17N3O3S. The maximum atomic E-state index is 11.6. The van der Waals surface area contributed by atoms with E-state index in [2.05, 4.69) is 10.6 Å². The van der Waals surface area contributed by atoms with Crippen LogP contribution in [0.3, 0.4) is 0 Å². The zero-order chi connectivity index (χ0) is 14.8. The number of carbonyl (C=O) groups excluding carboxylic acids is 1. The van der Waals surface area contributed by atoms with Gasteiger partial charge < -0.3 is 10.6 Å². The molecule has 0 unspecified atom stereocenters. The molecule has 0 atom stereocenters. The van der Waals surface area contributed by atoms with Crippen LogP contribution in [0.4, 0.5) is 11.4 Å². The van der Waals surface area contributed by atoms with E-state index in [1.165, 1.54) is 25.2 Å². The van der Waals surface area contributed by atoms with Crippen LogP contribution in [0.1, 0.15) is 23.2 Å². The number of nitro benzene ring substituents is 1. The van der Waals surface area contributed by atoms with E-state index in [0.717, 1.165) is 12.8 Å². The lowest BCUT2D eigenvalue weighted by atomic mass is 10.1. The van der Waals surface area contributed by atoms with Gasteiger partial charge in [-0.05, 0) is 31.2 Å². The maximum Gasteiger partial charge on any atom is 0.292 e. The van der Waals surface area contributed by atoms with Crippen molar-refractivity contribution in [2.75, 3.05) is 25.2 Å². The van der Waals surface area contributed by atoms with Crippen molar-refractivity contribution in [2.24, 2.45) is 0 Å². The Morgan fingerprint density at radius 1 is 1.50 bits per heavy atom. The summed E-state index contributed by atoms with van der Waals surface area (Å²) >= 11 is 1.78. The van der Waals surface area contributed by atoms with Crippen molar-refractivity contribution >= 4 is 29.0 Å². The molecule has 1 aromatic rings. The number of hydrogen-bond acceptors (Lipinski definition) is 5. The van der Waals surface area contributed by atoms with Crippen molar-refractivity contribution in [3.63, 3.8) is 0 Å². The van der Waals surface area contributed by atoms with E-state index in [1.807, 2.05) is 6.26 Å². The molecule has 1 aliphatic rings. The minimum absolute atomic E-state index is 0.00504. The second-order valence-electron chi connectivity index (χ2n) is 4.81. The molecule has 1 aromatic carbocycles. The van der Waals surface area contributed by atoms with E-state index >= 15 is 0 Å². The molecular weight excluding hydrogens is 278 g/mol. The summed E-state index contributed by atoms with van der Waals surface area (Å²) in [5.41, 5.74) is 0.806. The third-order valence-corrected chi connectivity index (χ3v) is 4.94. The minimum atomic E-state index is -0.436. The smallest absolute Gasteiger partial charge is 0.292 e. The highest BCUT2D eigenvalue weighted by atomic mass is 32.2. The predicted octanol–water partition coefficient (Wildman–Crippen LogP) is 2.26. The van der Waals surface area contributed by atoms with Gasteiger partial charge in [-0.15, -0.1) is 0 Å². The lowest BCUT2D eigenvalue weighted by Crippen LogP contribution is -2.20. The molecule has 0 heterocycles. The minimum Gasteiger partial charge on any atom is -0.378 e. The monoisotopic (exact) mass is 295 g/mol. The summed E-state index contributed by atoms with van der Waals surface area (Å²) in [6.07, 6.45) is 4.28. The molecule has 1 saturated carbocycles. The van der Waals surface area contributed by atoms with Gasteiger partial charge in [-0.3, -0.25) is 14.9 Å². The Balaban J connectivity index is 2.22. The molecule has 20 heavy (non-hydrogen) atoms. The molecule has 0 saturated heterocycles. The van der Waals surface area contributed by atoms with Crippen molar-refractivity contribution in [2.45, 2.75) is 17.6 Å². The average molecular weight is 295 g/mol. The molecule has 0 aromatic heterocycles. The number of nitro groups is 1. The van der Waals surface area contributed by atoms with Crippen LogP contribution in [0, 0.1) is 10.1 Å². The molecule has 1 fully saturated rings. The third kappa shape index (κ3) is 3.04. The van der Waals surface area contributed by atoms with Gasteiger partial charge in [0.05, 0.1) is 4.92 Å². The average Bonchev–Trinajstić information content (AvgIpc) is 3.24. The topological polar surface area (TPSA) is 84.3 Å². The zero-order valence-electron chi connectivity index (χ0n) is 11.4. The SMILES string of the molecule is CNC(=O)c1ccc([N+](=O)[O-])c(NCC2(SC)CC2)c1. The third-order valence-electron chi connectivity index (χ3n) is 3.52. The molecule has 0 bridgehead atoms. The summed E-state index contributed by atoms with van der Waals surface area (Å²) in [6.45, 7) is 0.673. The van der Waals surface area contributed by atoms with E-state index in [9.17, 15) is 14.9 Å². The highest BCUT2D eigenvalue weighted by Crippen LogP contribution is 2.47. The van der Waals surface area contributed by atoms with Crippen LogP contribution in [0.2, 0.25) is 0 Å². The molecule has 108 valence electrons. The molecule has 0 radical (unpaired) electrons. The fourth-order valence-electron chi connectivity index (χ4n) is 1.97. The second-order valence-corrected chi connectivity index (χ2v) is 6.08. The van der Waals surface area contributed by atoms with Gasteiger partial charge in [0.25, 0.3) is 11.6 Å². The summed E-state index contributed by atoms with van der Waals surface area (Å²) in [5, 5.41) is 16.7. The number of amides is 1. The van der Waals surface area contributed by atoms with E-state index in [4.69, 9.17) is 0 Å². The van der Waals surface area contributed by atoms with Gasteiger partial charge in [-0.25, -0.2) is 0 Å². The van der Waals surface area contributed by atoms with E-state index in [0.29, 0.717) is 17.8 Å². The summed E-state index contributed by atoms with van der Waals surface area (Å²) in [4.78, 5) is 22.2. The standard InChI is InChI=1S/C13H17N3O3S/c1-14-12(17)9-3-4-11(16(18)19)10(7-9)15-8-13(20-2)5-6-13/h3-4,7,15H,5-6,8H2,1-2H3,(H,14,17). The van der Waals surface area contributed by atoms with Gasteiger partial charge in [-0.1, -0.05) is 0 Å². The lowest BCUT2D eigenvalue weighted by Gasteiger charge is -2.14. The van der Waals surface area contributed by atoms with Crippen LogP contribution < -0.4 is 10.6 Å². The van der Waals surface area contributed by atoms with Gasteiger partial charge in [0.1, 0.15) is 5.69 Å². The van der Waals surface area contributed by atoms with Crippen LogP contribution in [-0.2, 0) is 0 Å². The van der Waals surface area contributed by atoms with Crippen LogP contribution in [-0.4, -0.2) is 35.4 Å². The van der Waals surface area contributed by atoms with Gasteiger partial charge in [0.2, 0.25) is 0 Å². The Bertz CT molecular complexity index is 544. The number of hydrogen-bond donors (Lipinski definition) is 2. The van der Waals surface area contributed by atoms with Crippen molar-refractivity contribution < 1.29 is 9.72 Å². The van der Waals surface area contributed by atoms with Crippen molar-refractivity contribution in [1.29, 1.82) is 0 Å². The molecule has 1 amide bonds. The first-order valence-corrected chi connectivity index (χ1v) is 7.53. The number of anilines is 1. The fraction of sp³-hybridized carbons (Fsp3) is 0.462. The van der Waals surface area contributed by atoms with E-state index in [1.54, 1.807) is 11.8 Å². The number of nitrogens with zero attached hydrogens (tertiary/aromatic N) is 1. The molecule has 6 nitrogen and oxygen atoms in total. The highest BCUT2D eigenvalue weighted by molar-refractivity contribution is 8.00. The Hall–Kier alpha value is -1.76. The molecule has 7 heteroatoms. The molecule has 0 spiro atoms. The van der Waals surface area contributed by atoms with Crippen molar-refractivity contribution in [1.82, 2.24) is 5.32 Å². The van der Waals surface area contributed by atoms with Crippen LogP contribution in [0.25, 0.3) is 0 Å². The van der Waals surface area contributed by atoms with E-state index in [-0.39, 0.29) is 16.3 Å². The zero-order valence-corrected chi connectivity index (χ0v) is 12.3. The van der Waals surface area contributed by atoms with E-state index < -0.39 is 4.92 Å². The number of thioether (sulfide) groups is 1. The Kier molecular flexibility index (Phi) is 4.17. The van der Waals surface area contributed by atoms with Crippen molar-refractivity contribution in [3.05, 3.63) is 33.9 Å². The first-order valence-electron chi connectivity index (χ1n) is 6.31. The Morgan fingerprint density at radius 3 is 2.70 bits per heavy atom. The Labute approximate surface area is 121 Å². The first-order chi connectivity index (χ1) is 9.51. The highest BCUT2D eigenvalue weighted by Gasteiger charge is 2.41. The van der Waals surface area contributed by atoms with Gasteiger partial charge >= 0.3 is 0 Å². The second kappa shape index (κ2) is 5.70. The summed E-state index contributed by atoms with van der Waals surface area (Å²) in [5.74, 6) is -0.256. The van der Waals surface area contributed by atoms with Gasteiger partial charge in [-0.2, -0.15) is 11.8 Å². The predicted molar refractivity (Wildman–Crippen MR) is 80.5 cm³/mol. The quantitative estimate of drug-likeness (QED) is 0.621. The van der Waals surface area contributed by atoms with Crippen LogP contribution in [0.5, 0.6) is 0 Å². The molecule has 2 rings (SSSR count). The van der Waals surface area contributed by atoms with Gasteiger partial charge in [0.15, 0.2) is 0 Å². The largest absolute Gasteiger partial charge is 0.378 e. The number of benzene rings is 1.